The molecule has 0 spiro atoms. The molecule has 0 unspecified atom stereocenters. The van der Waals surface area contributed by atoms with Gasteiger partial charge in [0.1, 0.15) is 0 Å². The number of non-ortho nitro benzene ring substituents is 1. The highest BCUT2D eigenvalue weighted by atomic mass is 16.6. The highest BCUT2D eigenvalue weighted by molar-refractivity contribution is 5.92. The number of amides is 1. The summed E-state index contributed by atoms with van der Waals surface area (Å²) in [4.78, 5) is 25.2. The second-order valence-corrected chi connectivity index (χ2v) is 7.40. The van der Waals surface area contributed by atoms with E-state index in [1.165, 1.54) is 48.3 Å². The van der Waals surface area contributed by atoms with Crippen LogP contribution in [0, 0.1) is 10.1 Å². The average molecular weight is 405 g/mol. The van der Waals surface area contributed by atoms with Crippen LogP contribution < -0.4 is 5.32 Å². The molecule has 1 amide bonds. The first-order chi connectivity index (χ1) is 14.6. The van der Waals surface area contributed by atoms with Crippen LogP contribution in [-0.4, -0.2) is 38.6 Å². The Hall–Kier alpha value is -3.52. The van der Waals surface area contributed by atoms with Gasteiger partial charge in [-0.1, -0.05) is 24.3 Å². The van der Waals surface area contributed by atoms with E-state index in [1.54, 1.807) is 24.4 Å². The van der Waals surface area contributed by atoms with Crippen LogP contribution in [0.25, 0.3) is 5.69 Å². The van der Waals surface area contributed by atoms with E-state index in [0.29, 0.717) is 17.9 Å². The summed E-state index contributed by atoms with van der Waals surface area (Å²) in [6, 6.07) is 15.9. The van der Waals surface area contributed by atoms with Crippen molar-refractivity contribution >= 4 is 11.6 Å². The molecule has 3 aromatic rings. The minimum atomic E-state index is -0.454. The zero-order valence-electron chi connectivity index (χ0n) is 16.5. The largest absolute Gasteiger partial charge is 0.347 e. The number of nitrogens with zero attached hydrogens (tertiary/aromatic N) is 4. The van der Waals surface area contributed by atoms with Crippen molar-refractivity contribution in [2.75, 3.05) is 13.1 Å². The molecule has 30 heavy (non-hydrogen) atoms. The fourth-order valence-electron chi connectivity index (χ4n) is 3.55. The molecular weight excluding hydrogens is 382 g/mol. The monoisotopic (exact) mass is 405 g/mol. The minimum absolute atomic E-state index is 0.00956. The van der Waals surface area contributed by atoms with Gasteiger partial charge in [0, 0.05) is 31.4 Å². The second-order valence-electron chi connectivity index (χ2n) is 7.40. The SMILES string of the molecule is O=C(NCc1ccc(CN2CCCC2)cc1)c1ccn(-c2ccc([N+](=O)[O-])cc2)n1. The van der Waals surface area contributed by atoms with Gasteiger partial charge in [-0.3, -0.25) is 19.8 Å². The van der Waals surface area contributed by atoms with Crippen molar-refractivity contribution in [3.8, 4) is 5.69 Å². The van der Waals surface area contributed by atoms with E-state index in [-0.39, 0.29) is 11.6 Å². The summed E-state index contributed by atoms with van der Waals surface area (Å²) in [6.45, 7) is 3.74. The number of aromatic nitrogens is 2. The zero-order valence-corrected chi connectivity index (χ0v) is 16.5. The molecule has 1 saturated heterocycles. The molecule has 1 aliphatic heterocycles. The number of nitro benzene ring substituents is 1. The van der Waals surface area contributed by atoms with E-state index < -0.39 is 4.92 Å². The molecule has 154 valence electrons. The van der Waals surface area contributed by atoms with Gasteiger partial charge in [-0.25, -0.2) is 4.68 Å². The van der Waals surface area contributed by atoms with Crippen LogP contribution in [0.5, 0.6) is 0 Å². The quantitative estimate of drug-likeness (QED) is 0.481. The lowest BCUT2D eigenvalue weighted by atomic mass is 10.1. The van der Waals surface area contributed by atoms with Crippen molar-refractivity contribution in [3.05, 3.63) is 87.7 Å². The molecule has 8 heteroatoms. The maximum atomic E-state index is 12.4. The van der Waals surface area contributed by atoms with Crippen molar-refractivity contribution in [2.24, 2.45) is 0 Å². The van der Waals surface area contributed by atoms with Gasteiger partial charge in [0.2, 0.25) is 0 Å². The van der Waals surface area contributed by atoms with Crippen LogP contribution in [0.3, 0.4) is 0 Å². The molecule has 1 N–H and O–H groups in total. The first kappa shape index (κ1) is 19.8. The summed E-state index contributed by atoms with van der Waals surface area (Å²) in [7, 11) is 0. The maximum Gasteiger partial charge on any atom is 0.272 e. The first-order valence-electron chi connectivity index (χ1n) is 9.97. The summed E-state index contributed by atoms with van der Waals surface area (Å²) < 4.78 is 1.52. The smallest absolute Gasteiger partial charge is 0.272 e. The van der Waals surface area contributed by atoms with Gasteiger partial charge in [-0.15, -0.1) is 0 Å². The molecule has 1 fully saturated rings. The van der Waals surface area contributed by atoms with Crippen molar-refractivity contribution in [1.82, 2.24) is 20.0 Å². The molecule has 2 heterocycles. The number of likely N-dealkylation sites (tertiary alicyclic amines) is 1. The lowest BCUT2D eigenvalue weighted by Crippen LogP contribution is -2.23. The number of hydrogen-bond acceptors (Lipinski definition) is 5. The van der Waals surface area contributed by atoms with Gasteiger partial charge < -0.3 is 5.32 Å². The van der Waals surface area contributed by atoms with Gasteiger partial charge in [-0.05, 0) is 55.3 Å². The average Bonchev–Trinajstić information content (AvgIpc) is 3.45. The molecule has 0 saturated carbocycles. The molecule has 0 atom stereocenters. The van der Waals surface area contributed by atoms with E-state index in [4.69, 9.17) is 0 Å². The predicted octanol–water partition coefficient (Wildman–Crippen LogP) is 3.31. The number of hydrogen-bond donors (Lipinski definition) is 1. The Bertz CT molecular complexity index is 1020. The first-order valence-corrected chi connectivity index (χ1v) is 9.97. The molecule has 0 radical (unpaired) electrons. The summed E-state index contributed by atoms with van der Waals surface area (Å²) in [5.41, 5.74) is 3.26. The van der Waals surface area contributed by atoms with Crippen molar-refractivity contribution in [3.63, 3.8) is 0 Å². The lowest BCUT2D eigenvalue weighted by Gasteiger charge is -2.14. The van der Waals surface area contributed by atoms with Crippen LogP contribution in [0.4, 0.5) is 5.69 Å². The van der Waals surface area contributed by atoms with Crippen molar-refractivity contribution in [2.45, 2.75) is 25.9 Å². The molecule has 1 aromatic heterocycles. The Kier molecular flexibility index (Phi) is 5.85. The van der Waals surface area contributed by atoms with Crippen molar-refractivity contribution < 1.29 is 9.72 Å². The van der Waals surface area contributed by atoms with Crippen molar-refractivity contribution in [1.29, 1.82) is 0 Å². The summed E-state index contributed by atoms with van der Waals surface area (Å²) in [5, 5.41) is 17.9. The van der Waals surface area contributed by atoms with Gasteiger partial charge in [0.25, 0.3) is 11.6 Å². The Balaban J connectivity index is 1.32. The summed E-state index contributed by atoms with van der Waals surface area (Å²) in [6.07, 6.45) is 4.22. The Morgan fingerprint density at radius 1 is 1.00 bits per heavy atom. The minimum Gasteiger partial charge on any atom is -0.347 e. The lowest BCUT2D eigenvalue weighted by molar-refractivity contribution is -0.384. The van der Waals surface area contributed by atoms with Gasteiger partial charge >= 0.3 is 0 Å². The fraction of sp³-hybridized carbons (Fsp3) is 0.273. The van der Waals surface area contributed by atoms with E-state index in [1.807, 2.05) is 12.1 Å². The predicted molar refractivity (Wildman–Crippen MR) is 112 cm³/mol. The number of rotatable bonds is 7. The third-order valence-electron chi connectivity index (χ3n) is 5.23. The van der Waals surface area contributed by atoms with E-state index in [2.05, 4.69) is 27.4 Å². The topological polar surface area (TPSA) is 93.3 Å². The van der Waals surface area contributed by atoms with Crippen LogP contribution in [0.1, 0.15) is 34.5 Å². The molecule has 4 rings (SSSR count). The Morgan fingerprint density at radius 3 is 2.33 bits per heavy atom. The highest BCUT2D eigenvalue weighted by Gasteiger charge is 2.13. The molecule has 0 aliphatic carbocycles. The van der Waals surface area contributed by atoms with Crippen LogP contribution >= 0.6 is 0 Å². The Morgan fingerprint density at radius 2 is 1.67 bits per heavy atom. The van der Waals surface area contributed by atoms with Gasteiger partial charge in [0.05, 0.1) is 10.6 Å². The zero-order chi connectivity index (χ0) is 20.9. The third kappa shape index (κ3) is 4.72. The van der Waals surface area contributed by atoms with Crippen LogP contribution in [0.15, 0.2) is 60.8 Å². The molecule has 1 aliphatic rings. The normalized spacial score (nSPS) is 14.0. The number of carbonyl (C=O) groups excluding carboxylic acids is 1. The summed E-state index contributed by atoms with van der Waals surface area (Å²) in [5.74, 6) is -0.267. The maximum absolute atomic E-state index is 12.4. The number of carbonyl (C=O) groups is 1. The number of nitrogens with one attached hydrogen (secondary N) is 1. The third-order valence-corrected chi connectivity index (χ3v) is 5.23. The molecule has 2 aromatic carbocycles. The van der Waals surface area contributed by atoms with Crippen LogP contribution in [-0.2, 0) is 13.1 Å². The van der Waals surface area contributed by atoms with Gasteiger partial charge in [0.15, 0.2) is 5.69 Å². The summed E-state index contributed by atoms with van der Waals surface area (Å²) >= 11 is 0. The van der Waals surface area contributed by atoms with E-state index in [9.17, 15) is 14.9 Å². The molecule has 0 bridgehead atoms. The Labute approximate surface area is 174 Å². The van der Waals surface area contributed by atoms with Gasteiger partial charge in [-0.2, -0.15) is 5.10 Å². The second kappa shape index (κ2) is 8.87. The van der Waals surface area contributed by atoms with E-state index >= 15 is 0 Å². The standard InChI is InChI=1S/C22H23N5O3/c28-22(21-11-14-26(24-21)19-7-9-20(10-8-19)27(29)30)23-15-17-3-5-18(6-4-17)16-25-12-1-2-13-25/h3-11,14H,1-2,12-13,15-16H2,(H,23,28). The highest BCUT2D eigenvalue weighted by Crippen LogP contribution is 2.15. The number of nitro groups is 1. The van der Waals surface area contributed by atoms with E-state index in [0.717, 1.165) is 12.1 Å². The van der Waals surface area contributed by atoms with Crippen LogP contribution in [0.2, 0.25) is 0 Å². The molecular formula is C22H23N5O3. The fourth-order valence-corrected chi connectivity index (χ4v) is 3.55. The molecule has 8 nitrogen and oxygen atoms in total. The number of benzene rings is 2.